The molecule has 0 radical (unpaired) electrons. The molecule has 1 unspecified atom stereocenters. The standard InChI is InChI=1S/C15H26N2/c1-4-13(3)17(5-2)12-8-10-14-9-6-7-11-15(14)16/h6-7,9,11,13H,4-5,8,10,12,16H2,1-3H3. The smallest absolute Gasteiger partial charge is 0.0346 e. The Morgan fingerprint density at radius 2 is 1.94 bits per heavy atom. The van der Waals surface area contributed by atoms with E-state index in [0.717, 1.165) is 18.7 Å². The Hall–Kier alpha value is -1.02. The Morgan fingerprint density at radius 1 is 1.24 bits per heavy atom. The van der Waals surface area contributed by atoms with E-state index >= 15 is 0 Å². The fourth-order valence-electron chi connectivity index (χ4n) is 2.18. The van der Waals surface area contributed by atoms with E-state index in [1.165, 1.54) is 24.9 Å². The summed E-state index contributed by atoms with van der Waals surface area (Å²) < 4.78 is 0. The number of hydrogen-bond donors (Lipinski definition) is 1. The Labute approximate surface area is 106 Å². The number of nitrogens with two attached hydrogens (primary N) is 1. The fraction of sp³-hybridized carbons (Fsp3) is 0.600. The van der Waals surface area contributed by atoms with Gasteiger partial charge in [-0.1, -0.05) is 32.0 Å². The largest absolute Gasteiger partial charge is 0.399 e. The van der Waals surface area contributed by atoms with Gasteiger partial charge in [-0.25, -0.2) is 0 Å². The maximum atomic E-state index is 5.94. The Kier molecular flexibility index (Phi) is 6.06. The van der Waals surface area contributed by atoms with Gasteiger partial charge in [0.05, 0.1) is 0 Å². The van der Waals surface area contributed by atoms with Crippen molar-refractivity contribution in [1.29, 1.82) is 0 Å². The highest BCUT2D eigenvalue weighted by atomic mass is 15.1. The average molecular weight is 234 g/mol. The average Bonchev–Trinajstić information content (AvgIpc) is 2.36. The highest BCUT2D eigenvalue weighted by Crippen LogP contribution is 2.13. The summed E-state index contributed by atoms with van der Waals surface area (Å²) in [5.74, 6) is 0. The van der Waals surface area contributed by atoms with Crippen molar-refractivity contribution in [3.8, 4) is 0 Å². The molecule has 0 heterocycles. The van der Waals surface area contributed by atoms with Crippen LogP contribution in [-0.2, 0) is 6.42 Å². The van der Waals surface area contributed by atoms with Gasteiger partial charge in [0.1, 0.15) is 0 Å². The van der Waals surface area contributed by atoms with E-state index in [0.29, 0.717) is 6.04 Å². The highest BCUT2D eigenvalue weighted by Gasteiger charge is 2.09. The lowest BCUT2D eigenvalue weighted by atomic mass is 10.1. The van der Waals surface area contributed by atoms with E-state index in [-0.39, 0.29) is 0 Å². The second-order valence-corrected chi connectivity index (χ2v) is 4.69. The summed E-state index contributed by atoms with van der Waals surface area (Å²) in [4.78, 5) is 2.54. The monoisotopic (exact) mass is 234 g/mol. The molecule has 0 fully saturated rings. The summed E-state index contributed by atoms with van der Waals surface area (Å²) in [5.41, 5.74) is 8.16. The minimum Gasteiger partial charge on any atom is -0.399 e. The molecule has 1 atom stereocenters. The molecule has 0 aliphatic carbocycles. The molecule has 0 spiro atoms. The lowest BCUT2D eigenvalue weighted by molar-refractivity contribution is 0.212. The summed E-state index contributed by atoms with van der Waals surface area (Å²) in [7, 11) is 0. The minimum absolute atomic E-state index is 0.688. The quantitative estimate of drug-likeness (QED) is 0.733. The van der Waals surface area contributed by atoms with Crippen molar-refractivity contribution >= 4 is 5.69 Å². The summed E-state index contributed by atoms with van der Waals surface area (Å²) in [5, 5.41) is 0. The molecule has 1 aromatic carbocycles. The van der Waals surface area contributed by atoms with E-state index in [4.69, 9.17) is 5.73 Å². The number of nitrogen functional groups attached to an aromatic ring is 1. The topological polar surface area (TPSA) is 29.3 Å². The van der Waals surface area contributed by atoms with E-state index in [1.807, 2.05) is 12.1 Å². The van der Waals surface area contributed by atoms with Crippen molar-refractivity contribution in [2.75, 3.05) is 18.8 Å². The molecule has 0 saturated carbocycles. The zero-order valence-electron chi connectivity index (χ0n) is 11.4. The molecule has 0 bridgehead atoms. The summed E-state index contributed by atoms with van der Waals surface area (Å²) in [6.07, 6.45) is 3.49. The van der Waals surface area contributed by atoms with E-state index < -0.39 is 0 Å². The third-order valence-corrected chi connectivity index (χ3v) is 3.57. The molecule has 0 amide bonds. The van der Waals surface area contributed by atoms with Gasteiger partial charge in [0.2, 0.25) is 0 Å². The molecule has 2 nitrogen and oxygen atoms in total. The molecule has 0 aliphatic rings. The Balaban J connectivity index is 2.39. The molecule has 1 aromatic rings. The van der Waals surface area contributed by atoms with Crippen LogP contribution in [0.1, 0.15) is 39.2 Å². The first-order valence-electron chi connectivity index (χ1n) is 6.76. The molecule has 1 rings (SSSR count). The van der Waals surface area contributed by atoms with Crippen LogP contribution in [0.15, 0.2) is 24.3 Å². The number of benzene rings is 1. The minimum atomic E-state index is 0.688. The summed E-state index contributed by atoms with van der Waals surface area (Å²) in [6.45, 7) is 9.10. The Morgan fingerprint density at radius 3 is 2.53 bits per heavy atom. The Bertz CT molecular complexity index is 322. The van der Waals surface area contributed by atoms with Gasteiger partial charge in [-0.3, -0.25) is 0 Å². The first kappa shape index (κ1) is 14.0. The lowest BCUT2D eigenvalue weighted by Crippen LogP contribution is -2.33. The van der Waals surface area contributed by atoms with Crippen molar-refractivity contribution in [2.45, 2.75) is 46.1 Å². The molecule has 0 aromatic heterocycles. The van der Waals surface area contributed by atoms with Gasteiger partial charge < -0.3 is 10.6 Å². The predicted molar refractivity (Wildman–Crippen MR) is 76.2 cm³/mol. The first-order valence-corrected chi connectivity index (χ1v) is 6.76. The molecular weight excluding hydrogens is 208 g/mol. The van der Waals surface area contributed by atoms with Crippen LogP contribution < -0.4 is 5.73 Å². The normalized spacial score (nSPS) is 12.9. The maximum Gasteiger partial charge on any atom is 0.0346 e. The van der Waals surface area contributed by atoms with Crippen molar-refractivity contribution in [2.24, 2.45) is 0 Å². The van der Waals surface area contributed by atoms with Gasteiger partial charge in [0, 0.05) is 11.7 Å². The van der Waals surface area contributed by atoms with Crippen LogP contribution in [0, 0.1) is 0 Å². The zero-order chi connectivity index (χ0) is 12.7. The van der Waals surface area contributed by atoms with Gasteiger partial charge in [-0.05, 0) is 50.9 Å². The number of nitrogens with zero attached hydrogens (tertiary/aromatic N) is 1. The second kappa shape index (κ2) is 7.33. The molecule has 96 valence electrons. The van der Waals surface area contributed by atoms with Crippen LogP contribution in [0.4, 0.5) is 5.69 Å². The van der Waals surface area contributed by atoms with Crippen molar-refractivity contribution < 1.29 is 0 Å². The van der Waals surface area contributed by atoms with Crippen molar-refractivity contribution in [3.63, 3.8) is 0 Å². The fourth-order valence-corrected chi connectivity index (χ4v) is 2.18. The van der Waals surface area contributed by atoms with Crippen LogP contribution in [0.25, 0.3) is 0 Å². The summed E-state index contributed by atoms with van der Waals surface area (Å²) >= 11 is 0. The van der Waals surface area contributed by atoms with Crippen molar-refractivity contribution in [3.05, 3.63) is 29.8 Å². The van der Waals surface area contributed by atoms with Crippen LogP contribution in [0.5, 0.6) is 0 Å². The molecule has 2 heteroatoms. The lowest BCUT2D eigenvalue weighted by Gasteiger charge is -2.26. The number of para-hydroxylation sites is 1. The van der Waals surface area contributed by atoms with Crippen LogP contribution in [0.2, 0.25) is 0 Å². The van der Waals surface area contributed by atoms with Gasteiger partial charge in [-0.2, -0.15) is 0 Å². The molecule has 0 aliphatic heterocycles. The third-order valence-electron chi connectivity index (χ3n) is 3.57. The zero-order valence-corrected chi connectivity index (χ0v) is 11.4. The molecule has 17 heavy (non-hydrogen) atoms. The first-order chi connectivity index (χ1) is 8.19. The van der Waals surface area contributed by atoms with Crippen LogP contribution >= 0.6 is 0 Å². The van der Waals surface area contributed by atoms with Gasteiger partial charge >= 0.3 is 0 Å². The van der Waals surface area contributed by atoms with Gasteiger partial charge in [0.25, 0.3) is 0 Å². The molecular formula is C15H26N2. The third kappa shape index (κ3) is 4.39. The van der Waals surface area contributed by atoms with Crippen molar-refractivity contribution in [1.82, 2.24) is 4.90 Å². The van der Waals surface area contributed by atoms with E-state index in [1.54, 1.807) is 0 Å². The van der Waals surface area contributed by atoms with E-state index in [2.05, 4.69) is 37.8 Å². The van der Waals surface area contributed by atoms with Gasteiger partial charge in [0.15, 0.2) is 0 Å². The second-order valence-electron chi connectivity index (χ2n) is 4.69. The molecule has 0 saturated heterocycles. The molecule has 2 N–H and O–H groups in total. The number of anilines is 1. The number of aryl methyl sites for hydroxylation is 1. The predicted octanol–water partition coefficient (Wildman–Crippen LogP) is 3.32. The SMILES string of the molecule is CCC(C)N(CC)CCCc1ccccc1N. The highest BCUT2D eigenvalue weighted by molar-refractivity contribution is 5.46. The maximum absolute atomic E-state index is 5.94. The van der Waals surface area contributed by atoms with Gasteiger partial charge in [-0.15, -0.1) is 0 Å². The van der Waals surface area contributed by atoms with Crippen LogP contribution in [-0.4, -0.2) is 24.0 Å². The van der Waals surface area contributed by atoms with E-state index in [9.17, 15) is 0 Å². The number of rotatable bonds is 7. The number of hydrogen-bond acceptors (Lipinski definition) is 2. The van der Waals surface area contributed by atoms with Crippen LogP contribution in [0.3, 0.4) is 0 Å². The summed E-state index contributed by atoms with van der Waals surface area (Å²) in [6, 6.07) is 8.87.